The molecule has 2 aromatic heterocycles. The third-order valence-electron chi connectivity index (χ3n) is 2.80. The van der Waals surface area contributed by atoms with Crippen LogP contribution in [-0.4, -0.2) is 31.2 Å². The van der Waals surface area contributed by atoms with E-state index in [0.717, 1.165) is 22.9 Å². The summed E-state index contributed by atoms with van der Waals surface area (Å²) < 4.78 is 5.89. The first kappa shape index (κ1) is 13.8. The lowest BCUT2D eigenvalue weighted by atomic mass is 10.2. The average Bonchev–Trinajstić information content (AvgIpc) is 2.76. The van der Waals surface area contributed by atoms with Crippen molar-refractivity contribution in [1.29, 1.82) is 0 Å². The van der Waals surface area contributed by atoms with Gasteiger partial charge in [-0.1, -0.05) is 0 Å². The molecular weight excluding hydrogens is 262 g/mol. The van der Waals surface area contributed by atoms with Crippen LogP contribution in [0, 0.1) is 0 Å². The highest BCUT2D eigenvalue weighted by atomic mass is 32.1. The summed E-state index contributed by atoms with van der Waals surface area (Å²) in [5.74, 6) is -0.115. The number of nitrogen functional groups attached to an aromatic ring is 1. The molecule has 0 aliphatic carbocycles. The second-order valence-corrected chi connectivity index (χ2v) is 5.22. The van der Waals surface area contributed by atoms with Crippen LogP contribution in [0.3, 0.4) is 0 Å². The Labute approximate surface area is 115 Å². The van der Waals surface area contributed by atoms with Gasteiger partial charge in [-0.2, -0.15) is 0 Å². The molecule has 5 nitrogen and oxygen atoms in total. The van der Waals surface area contributed by atoms with Crippen LogP contribution in [0.15, 0.2) is 18.5 Å². The number of hydrogen-bond donors (Lipinski definition) is 2. The molecule has 0 spiro atoms. The maximum absolute atomic E-state index is 12.0. The van der Waals surface area contributed by atoms with Gasteiger partial charge in [-0.3, -0.25) is 9.78 Å². The Bertz CT molecular complexity index is 568. The molecule has 0 saturated heterocycles. The van der Waals surface area contributed by atoms with Crippen molar-refractivity contribution < 1.29 is 9.53 Å². The van der Waals surface area contributed by atoms with E-state index in [1.54, 1.807) is 19.5 Å². The van der Waals surface area contributed by atoms with Gasteiger partial charge in [0.1, 0.15) is 4.88 Å². The molecule has 0 aromatic carbocycles. The molecule has 0 saturated carbocycles. The number of pyridine rings is 1. The zero-order valence-electron chi connectivity index (χ0n) is 10.8. The first-order valence-electron chi connectivity index (χ1n) is 6.13. The van der Waals surface area contributed by atoms with Gasteiger partial charge < -0.3 is 15.8 Å². The number of thiophene rings is 1. The summed E-state index contributed by atoms with van der Waals surface area (Å²) >= 11 is 1.38. The molecule has 1 amide bonds. The Hall–Kier alpha value is -1.66. The van der Waals surface area contributed by atoms with Gasteiger partial charge in [0.25, 0.3) is 5.91 Å². The molecule has 2 heterocycles. The van der Waals surface area contributed by atoms with E-state index in [2.05, 4.69) is 10.3 Å². The Morgan fingerprint density at radius 1 is 1.53 bits per heavy atom. The normalized spacial score (nSPS) is 10.8. The fourth-order valence-electron chi connectivity index (χ4n) is 1.79. The van der Waals surface area contributed by atoms with E-state index in [1.807, 2.05) is 6.07 Å². The van der Waals surface area contributed by atoms with Crippen molar-refractivity contribution in [2.75, 3.05) is 26.0 Å². The summed E-state index contributed by atoms with van der Waals surface area (Å²) in [5.41, 5.74) is 6.53. The maximum Gasteiger partial charge on any atom is 0.263 e. The smallest absolute Gasteiger partial charge is 0.263 e. The number of fused-ring (bicyclic) bond motifs is 1. The van der Waals surface area contributed by atoms with Crippen molar-refractivity contribution in [2.45, 2.75) is 12.8 Å². The third-order valence-corrected chi connectivity index (χ3v) is 3.95. The number of unbranched alkanes of at least 4 members (excludes halogenated alkanes) is 1. The number of hydrogen-bond acceptors (Lipinski definition) is 5. The van der Waals surface area contributed by atoms with Gasteiger partial charge in [-0.25, -0.2) is 0 Å². The van der Waals surface area contributed by atoms with Gasteiger partial charge in [0.05, 0.1) is 10.4 Å². The summed E-state index contributed by atoms with van der Waals surface area (Å²) in [6.45, 7) is 1.35. The molecule has 0 aliphatic rings. The zero-order chi connectivity index (χ0) is 13.7. The van der Waals surface area contributed by atoms with E-state index in [9.17, 15) is 4.79 Å². The zero-order valence-corrected chi connectivity index (χ0v) is 11.6. The minimum atomic E-state index is -0.115. The van der Waals surface area contributed by atoms with E-state index in [-0.39, 0.29) is 5.91 Å². The molecule has 0 atom stereocenters. The Morgan fingerprint density at radius 3 is 3.11 bits per heavy atom. The summed E-state index contributed by atoms with van der Waals surface area (Å²) in [4.78, 5) is 16.6. The predicted molar refractivity (Wildman–Crippen MR) is 77.5 cm³/mol. The minimum absolute atomic E-state index is 0.115. The van der Waals surface area contributed by atoms with Crippen molar-refractivity contribution in [3.05, 3.63) is 23.3 Å². The van der Waals surface area contributed by atoms with Crippen molar-refractivity contribution in [1.82, 2.24) is 10.3 Å². The largest absolute Gasteiger partial charge is 0.397 e. The van der Waals surface area contributed by atoms with Gasteiger partial charge >= 0.3 is 0 Å². The summed E-state index contributed by atoms with van der Waals surface area (Å²) in [6.07, 6.45) is 5.23. The predicted octanol–water partition coefficient (Wildman–Crippen LogP) is 2.03. The lowest BCUT2D eigenvalue weighted by Crippen LogP contribution is -2.24. The number of amides is 1. The van der Waals surface area contributed by atoms with Gasteiger partial charge in [0.15, 0.2) is 0 Å². The highest BCUT2D eigenvalue weighted by Gasteiger charge is 2.15. The molecule has 0 unspecified atom stereocenters. The Morgan fingerprint density at radius 2 is 2.37 bits per heavy atom. The van der Waals surface area contributed by atoms with Crippen molar-refractivity contribution in [2.24, 2.45) is 0 Å². The number of anilines is 1. The number of aromatic nitrogens is 1. The van der Waals surface area contributed by atoms with Crippen LogP contribution in [0.5, 0.6) is 0 Å². The molecule has 2 rings (SSSR count). The van der Waals surface area contributed by atoms with E-state index in [0.29, 0.717) is 23.7 Å². The fourth-order valence-corrected chi connectivity index (χ4v) is 2.80. The number of carbonyl (C=O) groups excluding carboxylic acids is 1. The molecule has 0 aliphatic heterocycles. The SMILES string of the molecule is COCCCCNC(=O)c1sc2cnccc2c1N. The second kappa shape index (κ2) is 6.49. The average molecular weight is 279 g/mol. The summed E-state index contributed by atoms with van der Waals surface area (Å²) in [6, 6.07) is 1.83. The highest BCUT2D eigenvalue weighted by molar-refractivity contribution is 7.21. The highest BCUT2D eigenvalue weighted by Crippen LogP contribution is 2.32. The Balaban J connectivity index is 1.99. The second-order valence-electron chi connectivity index (χ2n) is 4.17. The number of ether oxygens (including phenoxy) is 1. The van der Waals surface area contributed by atoms with E-state index in [1.165, 1.54) is 11.3 Å². The van der Waals surface area contributed by atoms with Gasteiger partial charge in [0, 0.05) is 38.0 Å². The van der Waals surface area contributed by atoms with Crippen molar-refractivity contribution in [3.63, 3.8) is 0 Å². The number of methoxy groups -OCH3 is 1. The standard InChI is InChI=1S/C13H17N3O2S/c1-18-7-3-2-5-16-13(17)12-11(14)9-4-6-15-8-10(9)19-12/h4,6,8H,2-3,5,7,14H2,1H3,(H,16,17). The van der Waals surface area contributed by atoms with Crippen LogP contribution in [0.1, 0.15) is 22.5 Å². The quantitative estimate of drug-likeness (QED) is 0.793. The van der Waals surface area contributed by atoms with Gasteiger partial charge in [0.2, 0.25) is 0 Å². The molecule has 0 fully saturated rings. The lowest BCUT2D eigenvalue weighted by molar-refractivity contribution is 0.0956. The molecule has 102 valence electrons. The third kappa shape index (κ3) is 3.21. The number of nitrogens with two attached hydrogens (primary N) is 1. The first-order chi connectivity index (χ1) is 9.24. The minimum Gasteiger partial charge on any atom is -0.397 e. The molecule has 0 radical (unpaired) electrons. The van der Waals surface area contributed by atoms with Crippen LogP contribution < -0.4 is 11.1 Å². The molecule has 0 bridgehead atoms. The first-order valence-corrected chi connectivity index (χ1v) is 6.95. The van der Waals surface area contributed by atoms with Crippen molar-refractivity contribution in [3.8, 4) is 0 Å². The van der Waals surface area contributed by atoms with Crippen LogP contribution >= 0.6 is 11.3 Å². The van der Waals surface area contributed by atoms with Gasteiger partial charge in [-0.05, 0) is 18.9 Å². The number of rotatable bonds is 6. The number of nitrogens with zero attached hydrogens (tertiary/aromatic N) is 1. The van der Waals surface area contributed by atoms with Crippen LogP contribution in [0.2, 0.25) is 0 Å². The Kier molecular flexibility index (Phi) is 4.70. The fraction of sp³-hybridized carbons (Fsp3) is 0.385. The molecule has 2 aromatic rings. The van der Waals surface area contributed by atoms with Gasteiger partial charge in [-0.15, -0.1) is 11.3 Å². The van der Waals surface area contributed by atoms with E-state index >= 15 is 0 Å². The van der Waals surface area contributed by atoms with Crippen LogP contribution in [0.25, 0.3) is 10.1 Å². The van der Waals surface area contributed by atoms with E-state index in [4.69, 9.17) is 10.5 Å². The maximum atomic E-state index is 12.0. The molecule has 19 heavy (non-hydrogen) atoms. The van der Waals surface area contributed by atoms with Crippen LogP contribution in [0.4, 0.5) is 5.69 Å². The monoisotopic (exact) mass is 279 g/mol. The summed E-state index contributed by atoms with van der Waals surface area (Å²) in [5, 5.41) is 3.77. The molecular formula is C13H17N3O2S. The summed E-state index contributed by atoms with van der Waals surface area (Å²) in [7, 11) is 1.67. The molecule has 6 heteroatoms. The topological polar surface area (TPSA) is 77.2 Å². The van der Waals surface area contributed by atoms with E-state index < -0.39 is 0 Å². The van der Waals surface area contributed by atoms with Crippen LogP contribution in [-0.2, 0) is 4.74 Å². The number of nitrogens with one attached hydrogen (secondary N) is 1. The lowest BCUT2D eigenvalue weighted by Gasteiger charge is -2.04. The van der Waals surface area contributed by atoms with Crippen molar-refractivity contribution >= 4 is 33.0 Å². The number of carbonyl (C=O) groups is 1. The molecule has 3 N–H and O–H groups in total.